The van der Waals surface area contributed by atoms with E-state index in [0.717, 1.165) is 0 Å². The average molecular weight is 399 g/mol. The summed E-state index contributed by atoms with van der Waals surface area (Å²) in [7, 11) is 0. The van der Waals surface area contributed by atoms with E-state index in [1.807, 2.05) is 0 Å². The third-order valence-electron chi connectivity index (χ3n) is 4.59. The molecule has 3 rings (SSSR count). The van der Waals surface area contributed by atoms with Gasteiger partial charge in [0, 0.05) is 4.75 Å². The van der Waals surface area contributed by atoms with Crippen molar-refractivity contribution in [2.75, 3.05) is 0 Å². The number of nitrogens with one attached hydrogen (secondary N) is 1. The van der Waals surface area contributed by atoms with Gasteiger partial charge in [0.15, 0.2) is 0 Å². The average Bonchev–Trinajstić information content (AvgIpc) is 2.82. The molecule has 4 atom stereocenters. The Balaban J connectivity index is 0.00000261. The maximum atomic E-state index is 12.5. The minimum Gasteiger partial charge on any atom is -0.549 e. The third kappa shape index (κ3) is 3.73. The zero-order valence-corrected chi connectivity index (χ0v) is 17.8. The van der Waals surface area contributed by atoms with Crippen LogP contribution in [-0.2, 0) is 19.2 Å². The Morgan fingerprint density at radius 1 is 1.19 bits per heavy atom. The van der Waals surface area contributed by atoms with Crippen molar-refractivity contribution < 1.29 is 58.9 Å². The van der Waals surface area contributed by atoms with Crippen molar-refractivity contribution in [2.24, 2.45) is 0 Å². The first kappa shape index (κ1) is 21.7. The van der Waals surface area contributed by atoms with Crippen LogP contribution in [0, 0.1) is 0 Å². The Hall–Kier alpha value is -1.55. The fourth-order valence-electron chi connectivity index (χ4n) is 3.40. The molecule has 0 aromatic heterocycles. The smallest absolute Gasteiger partial charge is 0.549 e. The Labute approximate surface area is 182 Å². The predicted molar refractivity (Wildman–Crippen MR) is 87.2 cm³/mol. The Morgan fingerprint density at radius 2 is 1.78 bits per heavy atom. The van der Waals surface area contributed by atoms with Gasteiger partial charge in [-0.15, -0.1) is 11.8 Å². The van der Waals surface area contributed by atoms with Crippen LogP contribution < -0.4 is 45.1 Å². The van der Waals surface area contributed by atoms with Gasteiger partial charge in [-0.1, -0.05) is 30.3 Å². The minimum absolute atomic E-state index is 0. The SMILES string of the molecule is CC1(C)S[C@@H]2[C@H](NC(=O)C(C(=O)[O-])c3ccccc3)C(=O)N2[C@H]1C(=O)[O-].[Na+]. The molecule has 10 heteroatoms. The molecule has 0 radical (unpaired) electrons. The molecule has 27 heavy (non-hydrogen) atoms. The van der Waals surface area contributed by atoms with E-state index in [0.29, 0.717) is 0 Å². The van der Waals surface area contributed by atoms with Crippen LogP contribution in [0.25, 0.3) is 0 Å². The number of benzene rings is 1. The monoisotopic (exact) mass is 399 g/mol. The topological polar surface area (TPSA) is 130 Å². The second kappa shape index (κ2) is 7.83. The number of hydrogen-bond acceptors (Lipinski definition) is 7. The molecule has 1 aromatic rings. The maximum Gasteiger partial charge on any atom is 1.00 e. The number of β-lactam (4-membered cyclic amide) rings is 1. The molecule has 2 aliphatic rings. The molecule has 2 heterocycles. The number of thioether (sulfide) groups is 1. The predicted octanol–water partition coefficient (Wildman–Crippen LogP) is -5.18. The van der Waals surface area contributed by atoms with Crippen LogP contribution >= 0.6 is 11.8 Å². The van der Waals surface area contributed by atoms with E-state index in [2.05, 4.69) is 5.32 Å². The summed E-state index contributed by atoms with van der Waals surface area (Å²) in [6.07, 6.45) is 0. The molecule has 0 spiro atoms. The number of rotatable bonds is 5. The van der Waals surface area contributed by atoms with Crippen molar-refractivity contribution in [2.45, 2.75) is 42.0 Å². The first-order valence-electron chi connectivity index (χ1n) is 7.92. The second-order valence-corrected chi connectivity index (χ2v) is 8.50. The van der Waals surface area contributed by atoms with E-state index in [1.54, 1.807) is 32.0 Å². The van der Waals surface area contributed by atoms with E-state index in [4.69, 9.17) is 0 Å². The molecule has 2 amide bonds. The number of nitrogens with zero attached hydrogens (tertiary/aromatic N) is 1. The summed E-state index contributed by atoms with van der Waals surface area (Å²) in [6, 6.07) is 5.73. The molecule has 0 aliphatic carbocycles. The molecule has 1 aromatic carbocycles. The van der Waals surface area contributed by atoms with Crippen molar-refractivity contribution in [3.8, 4) is 0 Å². The normalized spacial score (nSPS) is 26.2. The summed E-state index contributed by atoms with van der Waals surface area (Å²) in [5, 5.41) is 24.6. The standard InChI is InChI=1S/C17H18N2O6S.Na/c1-17(2)11(16(24)25)19-13(21)10(14(19)26-17)18-12(20)9(15(22)23)8-6-4-3-5-7-8;/h3-7,9-11,14H,1-2H3,(H,18,20)(H,22,23)(H,24,25);/q;+1/p-2/t9?,10-,11+,14-;/m1./s1. The fraction of sp³-hybridized carbons (Fsp3) is 0.412. The number of amides is 2. The summed E-state index contributed by atoms with van der Waals surface area (Å²) >= 11 is 1.23. The van der Waals surface area contributed by atoms with Gasteiger partial charge in [0.25, 0.3) is 0 Å². The van der Waals surface area contributed by atoms with Crippen LogP contribution in [0.3, 0.4) is 0 Å². The van der Waals surface area contributed by atoms with Crippen LogP contribution in [0.15, 0.2) is 30.3 Å². The van der Waals surface area contributed by atoms with Crippen LogP contribution in [0.2, 0.25) is 0 Å². The molecule has 1 N–H and O–H groups in total. The number of carboxylic acid groups (broad SMARTS) is 2. The van der Waals surface area contributed by atoms with E-state index in [-0.39, 0.29) is 35.1 Å². The van der Waals surface area contributed by atoms with E-state index in [1.165, 1.54) is 28.8 Å². The molecule has 1 unspecified atom stereocenters. The maximum absolute atomic E-state index is 12.5. The van der Waals surface area contributed by atoms with Crippen LogP contribution in [0.4, 0.5) is 0 Å². The Bertz CT molecular complexity index is 787. The Morgan fingerprint density at radius 3 is 2.30 bits per heavy atom. The van der Waals surface area contributed by atoms with E-state index < -0.39 is 51.9 Å². The van der Waals surface area contributed by atoms with Gasteiger partial charge >= 0.3 is 29.6 Å². The molecule has 0 saturated carbocycles. The van der Waals surface area contributed by atoms with Crippen molar-refractivity contribution in [1.29, 1.82) is 0 Å². The summed E-state index contributed by atoms with van der Waals surface area (Å²) in [5.41, 5.74) is 0.237. The van der Waals surface area contributed by atoms with Crippen LogP contribution in [0.5, 0.6) is 0 Å². The number of hydrogen-bond donors (Lipinski definition) is 1. The fourth-order valence-corrected chi connectivity index (χ4v) is 5.02. The molecule has 138 valence electrons. The summed E-state index contributed by atoms with van der Waals surface area (Å²) in [4.78, 5) is 48.8. The van der Waals surface area contributed by atoms with Crippen molar-refractivity contribution >= 4 is 35.5 Å². The largest absolute Gasteiger partial charge is 1.00 e. The summed E-state index contributed by atoms with van der Waals surface area (Å²) in [6.45, 7) is 3.35. The van der Waals surface area contributed by atoms with Crippen LogP contribution in [-0.4, -0.2) is 50.9 Å². The number of aliphatic carboxylic acids is 2. The zero-order valence-electron chi connectivity index (χ0n) is 15.0. The number of carbonyl (C=O) groups excluding carboxylic acids is 4. The van der Waals surface area contributed by atoms with Gasteiger partial charge in [-0.3, -0.25) is 9.59 Å². The summed E-state index contributed by atoms with van der Waals surface area (Å²) in [5.74, 6) is -5.94. The molecule has 0 bridgehead atoms. The molecular weight excluding hydrogens is 383 g/mol. The molecule has 2 saturated heterocycles. The van der Waals surface area contributed by atoms with Gasteiger partial charge in [-0.05, 0) is 19.4 Å². The number of carboxylic acids is 2. The number of carbonyl (C=O) groups is 4. The van der Waals surface area contributed by atoms with Gasteiger partial charge in [-0.2, -0.15) is 0 Å². The quantitative estimate of drug-likeness (QED) is 0.298. The van der Waals surface area contributed by atoms with E-state index >= 15 is 0 Å². The third-order valence-corrected chi connectivity index (χ3v) is 6.16. The second-order valence-electron chi connectivity index (χ2n) is 6.73. The first-order valence-corrected chi connectivity index (χ1v) is 8.80. The molecule has 2 fully saturated rings. The summed E-state index contributed by atoms with van der Waals surface area (Å²) < 4.78 is -0.786. The van der Waals surface area contributed by atoms with E-state index in [9.17, 15) is 29.4 Å². The van der Waals surface area contributed by atoms with Crippen LogP contribution in [0.1, 0.15) is 25.3 Å². The zero-order chi connectivity index (χ0) is 19.2. The first-order chi connectivity index (χ1) is 12.1. The van der Waals surface area contributed by atoms with Crippen molar-refractivity contribution in [3.63, 3.8) is 0 Å². The van der Waals surface area contributed by atoms with Gasteiger partial charge in [-0.25, -0.2) is 0 Å². The van der Waals surface area contributed by atoms with Gasteiger partial charge in [0.2, 0.25) is 11.8 Å². The minimum atomic E-state index is -1.58. The number of fused-ring (bicyclic) bond motifs is 1. The van der Waals surface area contributed by atoms with Gasteiger partial charge in [0.1, 0.15) is 17.3 Å². The van der Waals surface area contributed by atoms with Crippen molar-refractivity contribution in [3.05, 3.63) is 35.9 Å². The van der Waals surface area contributed by atoms with Gasteiger partial charge in [0.05, 0.1) is 18.0 Å². The molecule has 8 nitrogen and oxygen atoms in total. The van der Waals surface area contributed by atoms with Crippen molar-refractivity contribution in [1.82, 2.24) is 10.2 Å². The Kier molecular flexibility index (Phi) is 6.30. The molecular formula is C17H16N2NaO6S-. The molecule has 2 aliphatic heterocycles. The van der Waals surface area contributed by atoms with Gasteiger partial charge < -0.3 is 30.0 Å².